The SMILES string of the molecule is CC(C=Cc1c(O)[nH]c(=O)n(-c2cccc(CON)c2)c1=O)=CC=C1C(=O)NC(=O)N(c2cccc(C(N)=O)c2)C1=O. The van der Waals surface area contributed by atoms with Crippen LogP contribution >= 0.6 is 0 Å². The van der Waals surface area contributed by atoms with Crippen LogP contribution in [0.1, 0.15) is 28.4 Å². The van der Waals surface area contributed by atoms with Crippen LogP contribution in [0.25, 0.3) is 11.8 Å². The number of aromatic hydroxyl groups is 1. The van der Waals surface area contributed by atoms with E-state index in [1.54, 1.807) is 19.1 Å². The minimum absolute atomic E-state index is 0.0266. The van der Waals surface area contributed by atoms with Gasteiger partial charge in [0.25, 0.3) is 17.4 Å². The van der Waals surface area contributed by atoms with Crippen molar-refractivity contribution in [2.45, 2.75) is 13.5 Å². The maximum atomic E-state index is 13.1. The molecule has 2 heterocycles. The summed E-state index contributed by atoms with van der Waals surface area (Å²) in [6.07, 6.45) is 5.19. The van der Waals surface area contributed by atoms with E-state index >= 15 is 0 Å². The van der Waals surface area contributed by atoms with Gasteiger partial charge in [-0.25, -0.2) is 25.0 Å². The van der Waals surface area contributed by atoms with Crippen LogP contribution in [0.3, 0.4) is 0 Å². The second-order valence-electron chi connectivity index (χ2n) is 8.95. The summed E-state index contributed by atoms with van der Waals surface area (Å²) in [4.78, 5) is 82.5. The van der Waals surface area contributed by atoms with E-state index < -0.39 is 40.9 Å². The number of urea groups is 1. The van der Waals surface area contributed by atoms with Gasteiger partial charge in [0.2, 0.25) is 11.8 Å². The summed E-state index contributed by atoms with van der Waals surface area (Å²) in [6.45, 7) is 1.62. The number of amides is 5. The van der Waals surface area contributed by atoms with E-state index in [4.69, 9.17) is 11.6 Å². The molecule has 1 saturated heterocycles. The first kappa shape index (κ1) is 29.1. The van der Waals surface area contributed by atoms with Crippen LogP contribution in [-0.4, -0.2) is 38.4 Å². The Morgan fingerprint density at radius 3 is 2.48 bits per heavy atom. The van der Waals surface area contributed by atoms with Gasteiger partial charge in [0.05, 0.1) is 18.0 Å². The lowest BCUT2D eigenvalue weighted by molar-refractivity contribution is -0.122. The number of barbiturate groups is 1. The van der Waals surface area contributed by atoms with Crippen LogP contribution < -0.4 is 33.1 Å². The number of nitrogens with one attached hydrogen (secondary N) is 2. The fraction of sp³-hybridized carbons (Fsp3) is 0.0714. The molecule has 0 atom stereocenters. The molecule has 3 aromatic rings. The van der Waals surface area contributed by atoms with Gasteiger partial charge in [-0.2, -0.15) is 0 Å². The summed E-state index contributed by atoms with van der Waals surface area (Å²) in [5.41, 5.74) is 4.26. The lowest BCUT2D eigenvalue weighted by Gasteiger charge is -2.26. The fourth-order valence-corrected chi connectivity index (χ4v) is 4.00. The Hall–Kier alpha value is -5.86. The lowest BCUT2D eigenvalue weighted by atomic mass is 10.1. The van der Waals surface area contributed by atoms with Crippen molar-refractivity contribution in [3.63, 3.8) is 0 Å². The Labute approximate surface area is 236 Å². The number of carbonyl (C=O) groups is 4. The van der Waals surface area contributed by atoms with Crippen LogP contribution in [0.5, 0.6) is 5.88 Å². The first-order valence-electron chi connectivity index (χ1n) is 12.2. The average Bonchev–Trinajstić information content (AvgIpc) is 2.93. The largest absolute Gasteiger partial charge is 0.494 e. The molecule has 0 radical (unpaired) electrons. The quantitative estimate of drug-likeness (QED) is 0.112. The monoisotopic (exact) mass is 572 g/mol. The van der Waals surface area contributed by atoms with E-state index in [-0.39, 0.29) is 34.7 Å². The third-order valence-electron chi connectivity index (χ3n) is 6.05. The second-order valence-corrected chi connectivity index (χ2v) is 8.95. The number of benzene rings is 2. The molecule has 7 N–H and O–H groups in total. The zero-order valence-electron chi connectivity index (χ0n) is 22.0. The molecule has 1 aliphatic rings. The standard InChI is InChI=1S/C28H24N6O8/c1-15(8-10-20-23(36)31-27(40)33(25(20)38)18-6-2-4-16(12-18)14-42-30)9-11-21-24(37)32-28(41)34(26(21)39)19-7-3-5-17(13-19)22(29)35/h2-13,36H,14,30H2,1H3,(H2,29,35)(H,31,40)(H,32,37,41). The molecule has 1 aliphatic heterocycles. The van der Waals surface area contributed by atoms with Crippen molar-refractivity contribution in [3.05, 3.63) is 115 Å². The van der Waals surface area contributed by atoms with Crippen molar-refractivity contribution < 1.29 is 29.1 Å². The van der Waals surface area contributed by atoms with Gasteiger partial charge in [-0.1, -0.05) is 35.9 Å². The van der Waals surface area contributed by atoms with Gasteiger partial charge < -0.3 is 10.8 Å². The maximum absolute atomic E-state index is 13.1. The highest BCUT2D eigenvalue weighted by Gasteiger charge is 2.36. The maximum Gasteiger partial charge on any atom is 0.335 e. The molecular formula is C28H24N6O8. The molecule has 4 rings (SSSR count). The van der Waals surface area contributed by atoms with Gasteiger partial charge in [-0.05, 0) is 55.0 Å². The molecular weight excluding hydrogens is 548 g/mol. The number of nitrogens with two attached hydrogens (primary N) is 2. The van der Waals surface area contributed by atoms with Crippen LogP contribution in [-0.2, 0) is 21.0 Å². The van der Waals surface area contributed by atoms with Crippen LogP contribution in [0.15, 0.2) is 87.5 Å². The van der Waals surface area contributed by atoms with Crippen LogP contribution in [0, 0.1) is 0 Å². The number of nitrogens with zero attached hydrogens (tertiary/aromatic N) is 2. The van der Waals surface area contributed by atoms with E-state index in [0.29, 0.717) is 16.0 Å². The number of H-pyrrole nitrogens is 1. The Balaban J connectivity index is 1.64. The van der Waals surface area contributed by atoms with Gasteiger partial charge in [0.15, 0.2) is 0 Å². The topological polar surface area (TPSA) is 220 Å². The highest BCUT2D eigenvalue weighted by molar-refractivity contribution is 6.37. The zero-order chi connectivity index (χ0) is 30.6. The van der Waals surface area contributed by atoms with E-state index in [2.05, 4.69) is 15.1 Å². The van der Waals surface area contributed by atoms with Gasteiger partial charge in [0, 0.05) is 5.56 Å². The molecule has 0 unspecified atom stereocenters. The first-order valence-corrected chi connectivity index (χ1v) is 12.2. The minimum Gasteiger partial charge on any atom is -0.494 e. The zero-order valence-corrected chi connectivity index (χ0v) is 22.0. The highest BCUT2D eigenvalue weighted by Crippen LogP contribution is 2.22. The molecule has 1 aromatic heterocycles. The van der Waals surface area contributed by atoms with E-state index in [9.17, 15) is 33.9 Å². The van der Waals surface area contributed by atoms with E-state index in [1.807, 2.05) is 0 Å². The third kappa shape index (κ3) is 5.99. The summed E-state index contributed by atoms with van der Waals surface area (Å²) in [5.74, 6) is 1.78. The average molecular weight is 573 g/mol. The molecule has 0 aliphatic carbocycles. The normalized spacial score (nSPS) is 15.0. The van der Waals surface area contributed by atoms with Crippen molar-refractivity contribution in [2.24, 2.45) is 11.6 Å². The van der Waals surface area contributed by atoms with Crippen molar-refractivity contribution >= 4 is 35.5 Å². The number of aromatic amines is 1. The highest BCUT2D eigenvalue weighted by atomic mass is 16.6. The molecule has 214 valence electrons. The molecule has 14 nitrogen and oxygen atoms in total. The number of hydrogen-bond acceptors (Lipinski definition) is 9. The Morgan fingerprint density at radius 1 is 1.05 bits per heavy atom. The molecule has 2 aromatic carbocycles. The van der Waals surface area contributed by atoms with Crippen LogP contribution in [0.4, 0.5) is 10.5 Å². The molecule has 14 heteroatoms. The van der Waals surface area contributed by atoms with Crippen molar-refractivity contribution in [3.8, 4) is 11.6 Å². The number of rotatable bonds is 8. The summed E-state index contributed by atoms with van der Waals surface area (Å²) in [6, 6.07) is 10.8. The fourth-order valence-electron chi connectivity index (χ4n) is 4.00. The predicted octanol–water partition coefficient (Wildman–Crippen LogP) is 0.889. The Kier molecular flexibility index (Phi) is 8.40. The molecule has 0 bridgehead atoms. The Bertz CT molecular complexity index is 1830. The van der Waals surface area contributed by atoms with Crippen LogP contribution in [0.2, 0.25) is 0 Å². The smallest absolute Gasteiger partial charge is 0.335 e. The third-order valence-corrected chi connectivity index (χ3v) is 6.05. The summed E-state index contributed by atoms with van der Waals surface area (Å²) >= 11 is 0. The Morgan fingerprint density at radius 2 is 1.76 bits per heavy atom. The van der Waals surface area contributed by atoms with E-state index in [0.717, 1.165) is 4.57 Å². The van der Waals surface area contributed by atoms with Gasteiger partial charge in [0.1, 0.15) is 11.1 Å². The van der Waals surface area contributed by atoms with E-state index in [1.165, 1.54) is 60.7 Å². The molecule has 0 saturated carbocycles. The number of carbonyl (C=O) groups excluding carboxylic acids is 4. The number of allylic oxidation sites excluding steroid dienone is 4. The predicted molar refractivity (Wildman–Crippen MR) is 150 cm³/mol. The van der Waals surface area contributed by atoms with Gasteiger partial charge >= 0.3 is 11.7 Å². The van der Waals surface area contributed by atoms with Crippen molar-refractivity contribution in [1.29, 1.82) is 0 Å². The number of aromatic nitrogens is 2. The summed E-state index contributed by atoms with van der Waals surface area (Å²) < 4.78 is 0.824. The summed E-state index contributed by atoms with van der Waals surface area (Å²) in [5, 5.41) is 12.3. The van der Waals surface area contributed by atoms with Gasteiger partial charge in [-0.3, -0.25) is 34.3 Å². The lowest BCUT2D eigenvalue weighted by Crippen LogP contribution is -2.54. The molecule has 42 heavy (non-hydrogen) atoms. The second kappa shape index (κ2) is 12.1. The van der Waals surface area contributed by atoms with Crippen molar-refractivity contribution in [2.75, 3.05) is 4.90 Å². The number of imide groups is 2. The number of anilines is 1. The number of hydrogen-bond donors (Lipinski definition) is 5. The molecule has 5 amide bonds. The number of primary amides is 1. The van der Waals surface area contributed by atoms with Crippen molar-refractivity contribution in [1.82, 2.24) is 14.9 Å². The molecule has 0 spiro atoms. The minimum atomic E-state index is -1.00. The first-order chi connectivity index (χ1) is 20.0. The summed E-state index contributed by atoms with van der Waals surface area (Å²) in [7, 11) is 0. The van der Waals surface area contributed by atoms with Gasteiger partial charge in [-0.15, -0.1) is 0 Å². The molecule has 1 fully saturated rings.